The Kier molecular flexibility index (Phi) is 5.24. The number of rotatable bonds is 4. The van der Waals surface area contributed by atoms with Crippen LogP contribution in [-0.4, -0.2) is 34.1 Å². The summed E-state index contributed by atoms with van der Waals surface area (Å²) < 4.78 is 19.0. The van der Waals surface area contributed by atoms with Gasteiger partial charge in [-0.15, -0.1) is 0 Å². The molecule has 1 heterocycles. The molecule has 0 aromatic heterocycles. The van der Waals surface area contributed by atoms with Gasteiger partial charge in [0.2, 0.25) is 5.75 Å². The molecule has 0 saturated carbocycles. The second-order valence-electron chi connectivity index (χ2n) is 5.76. The van der Waals surface area contributed by atoms with E-state index in [-0.39, 0.29) is 22.1 Å². The molecule has 1 fully saturated rings. The lowest BCUT2D eigenvalue weighted by molar-refractivity contribution is -0.386. The van der Waals surface area contributed by atoms with Gasteiger partial charge < -0.3 is 9.84 Å². The van der Waals surface area contributed by atoms with Gasteiger partial charge in [0.15, 0.2) is 10.9 Å². The summed E-state index contributed by atoms with van der Waals surface area (Å²) in [4.78, 5) is 36.3. The molecule has 2 aromatic carbocycles. The predicted molar refractivity (Wildman–Crippen MR) is 104 cm³/mol. The van der Waals surface area contributed by atoms with Crippen LogP contribution in [0.1, 0.15) is 5.56 Å². The van der Waals surface area contributed by atoms with Crippen molar-refractivity contribution in [3.05, 3.63) is 63.5 Å². The van der Waals surface area contributed by atoms with E-state index in [0.717, 1.165) is 23.1 Å². The number of nitro groups is 1. The van der Waals surface area contributed by atoms with Crippen LogP contribution in [0, 0.1) is 15.9 Å². The summed E-state index contributed by atoms with van der Waals surface area (Å²) in [5.74, 6) is -3.44. The molecule has 2 amide bonds. The maximum Gasteiger partial charge on any atom is 0.315 e. The van der Waals surface area contributed by atoms with E-state index in [9.17, 15) is 29.2 Å². The first-order chi connectivity index (χ1) is 13.7. The van der Waals surface area contributed by atoms with Crippen molar-refractivity contribution in [2.75, 3.05) is 12.0 Å². The molecule has 2 N–H and O–H groups in total. The number of carbonyl (C=O) groups excluding carboxylic acids is 2. The van der Waals surface area contributed by atoms with E-state index in [1.54, 1.807) is 0 Å². The highest BCUT2D eigenvalue weighted by atomic mass is 32.1. The number of thiocarbonyl (C=S) groups is 1. The van der Waals surface area contributed by atoms with Crippen LogP contribution in [0.3, 0.4) is 0 Å². The van der Waals surface area contributed by atoms with Gasteiger partial charge in [0.25, 0.3) is 11.8 Å². The molecule has 0 radical (unpaired) electrons. The molecule has 148 valence electrons. The highest BCUT2D eigenvalue weighted by Crippen LogP contribution is 2.37. The summed E-state index contributed by atoms with van der Waals surface area (Å²) >= 11 is 4.99. The van der Waals surface area contributed by atoms with E-state index in [1.807, 2.05) is 0 Å². The van der Waals surface area contributed by atoms with Crippen molar-refractivity contribution in [2.45, 2.75) is 0 Å². The molecule has 1 aliphatic rings. The van der Waals surface area contributed by atoms with Crippen molar-refractivity contribution in [3.8, 4) is 11.5 Å². The minimum absolute atomic E-state index is 0.0335. The average Bonchev–Trinajstić information content (AvgIpc) is 2.67. The van der Waals surface area contributed by atoms with Crippen LogP contribution in [-0.2, 0) is 9.59 Å². The van der Waals surface area contributed by atoms with Gasteiger partial charge in [0, 0.05) is 6.07 Å². The molecule has 0 unspecified atom stereocenters. The Labute approximate surface area is 168 Å². The lowest BCUT2D eigenvalue weighted by Crippen LogP contribution is -2.54. The largest absolute Gasteiger partial charge is 0.500 e. The smallest absolute Gasteiger partial charge is 0.315 e. The highest BCUT2D eigenvalue weighted by molar-refractivity contribution is 7.80. The number of phenols is 1. The van der Waals surface area contributed by atoms with E-state index >= 15 is 0 Å². The van der Waals surface area contributed by atoms with Crippen molar-refractivity contribution in [1.29, 1.82) is 0 Å². The first kappa shape index (κ1) is 19.9. The molecule has 0 atom stereocenters. The molecule has 1 saturated heterocycles. The van der Waals surface area contributed by atoms with Gasteiger partial charge in [-0.3, -0.25) is 25.0 Å². The molecule has 0 aliphatic carbocycles. The van der Waals surface area contributed by atoms with Gasteiger partial charge in [0.1, 0.15) is 11.4 Å². The third kappa shape index (κ3) is 3.62. The number of halogens is 1. The molecular weight excluding hydrogens is 405 g/mol. The SMILES string of the molecule is COc1cc(/C=C2\C(=O)NC(=S)N(c3ccccc3F)C2=O)cc([N+](=O)[O-])c1O. The van der Waals surface area contributed by atoms with Crippen LogP contribution >= 0.6 is 12.2 Å². The molecule has 29 heavy (non-hydrogen) atoms. The fourth-order valence-corrected chi connectivity index (χ4v) is 2.94. The van der Waals surface area contributed by atoms with Crippen molar-refractivity contribution >= 4 is 46.6 Å². The third-order valence-electron chi connectivity index (χ3n) is 4.00. The quantitative estimate of drug-likeness (QED) is 0.257. The van der Waals surface area contributed by atoms with Crippen molar-refractivity contribution in [2.24, 2.45) is 0 Å². The maximum atomic E-state index is 14.2. The maximum absolute atomic E-state index is 14.2. The van der Waals surface area contributed by atoms with Crippen LogP contribution in [0.4, 0.5) is 15.8 Å². The van der Waals surface area contributed by atoms with Crippen LogP contribution in [0.5, 0.6) is 11.5 Å². The Bertz CT molecular complexity index is 1100. The first-order valence-electron chi connectivity index (χ1n) is 7.96. The number of hydrogen-bond donors (Lipinski definition) is 2. The number of phenolic OH excluding ortho intramolecular Hbond substituents is 1. The average molecular weight is 417 g/mol. The van der Waals surface area contributed by atoms with Crippen molar-refractivity contribution < 1.29 is 28.7 Å². The summed E-state index contributed by atoms with van der Waals surface area (Å²) in [6.45, 7) is 0. The molecular formula is C18H12FN3O6S. The summed E-state index contributed by atoms with van der Waals surface area (Å²) in [5.41, 5.74) is -1.25. The Morgan fingerprint density at radius 2 is 2.00 bits per heavy atom. The Morgan fingerprint density at radius 1 is 1.31 bits per heavy atom. The second kappa shape index (κ2) is 7.64. The summed E-state index contributed by atoms with van der Waals surface area (Å²) in [6.07, 6.45) is 1.06. The monoisotopic (exact) mass is 417 g/mol. The number of anilines is 1. The number of para-hydroxylation sites is 1. The van der Waals surface area contributed by atoms with Gasteiger partial charge in [-0.1, -0.05) is 12.1 Å². The zero-order chi connectivity index (χ0) is 21.3. The predicted octanol–water partition coefficient (Wildman–Crippen LogP) is 2.28. The van der Waals surface area contributed by atoms with Crippen LogP contribution in [0.15, 0.2) is 42.0 Å². The molecule has 3 rings (SSSR count). The minimum Gasteiger partial charge on any atom is -0.500 e. The van der Waals surface area contributed by atoms with Crippen molar-refractivity contribution in [3.63, 3.8) is 0 Å². The van der Waals surface area contributed by atoms with Gasteiger partial charge in [0.05, 0.1) is 17.7 Å². The van der Waals surface area contributed by atoms with Gasteiger partial charge in [-0.2, -0.15) is 0 Å². The number of ether oxygens (including phenoxy) is 1. The molecule has 9 nitrogen and oxygen atoms in total. The van der Waals surface area contributed by atoms with Gasteiger partial charge in [-0.05, 0) is 42.1 Å². The van der Waals surface area contributed by atoms with Crippen LogP contribution in [0.2, 0.25) is 0 Å². The molecule has 0 spiro atoms. The summed E-state index contributed by atoms with van der Waals surface area (Å²) in [6, 6.07) is 7.51. The van der Waals surface area contributed by atoms with Crippen LogP contribution < -0.4 is 15.0 Å². The van der Waals surface area contributed by atoms with Gasteiger partial charge in [-0.25, -0.2) is 9.29 Å². The molecule has 2 aromatic rings. The Hall–Kier alpha value is -3.86. The number of amides is 2. The lowest BCUT2D eigenvalue weighted by atomic mass is 10.1. The van der Waals surface area contributed by atoms with Crippen molar-refractivity contribution in [1.82, 2.24) is 5.32 Å². The zero-order valence-electron chi connectivity index (χ0n) is 14.7. The standard InChI is InChI=1S/C18H12FN3O6S/c1-28-14-8-9(7-13(15(14)23)22(26)27)6-10-16(24)20-18(29)21(17(10)25)12-5-3-2-4-11(12)19/h2-8,23H,1H3,(H,20,24,29)/b10-6+. The number of nitro benzene ring substituents is 1. The lowest BCUT2D eigenvalue weighted by Gasteiger charge is -2.29. The third-order valence-corrected chi connectivity index (χ3v) is 4.28. The Morgan fingerprint density at radius 3 is 2.62 bits per heavy atom. The number of hydrogen-bond acceptors (Lipinski definition) is 7. The van der Waals surface area contributed by atoms with E-state index in [1.165, 1.54) is 31.4 Å². The highest BCUT2D eigenvalue weighted by Gasteiger charge is 2.36. The topological polar surface area (TPSA) is 122 Å². The first-order valence-corrected chi connectivity index (χ1v) is 8.36. The summed E-state index contributed by atoms with van der Waals surface area (Å²) in [5, 5.41) is 23.0. The second-order valence-corrected chi connectivity index (χ2v) is 6.14. The number of carbonyl (C=O) groups is 2. The zero-order valence-corrected chi connectivity index (χ0v) is 15.5. The fourth-order valence-electron chi connectivity index (χ4n) is 2.67. The van der Waals surface area contributed by atoms with E-state index in [4.69, 9.17) is 17.0 Å². The minimum atomic E-state index is -0.918. The van der Waals surface area contributed by atoms with Gasteiger partial charge >= 0.3 is 5.69 Å². The van der Waals surface area contributed by atoms with Crippen LogP contribution in [0.25, 0.3) is 6.08 Å². The molecule has 0 bridgehead atoms. The number of nitrogens with zero attached hydrogens (tertiary/aromatic N) is 2. The normalized spacial score (nSPS) is 15.4. The molecule has 11 heteroatoms. The van der Waals surface area contributed by atoms with E-state index in [0.29, 0.717) is 0 Å². The van der Waals surface area contributed by atoms with E-state index < -0.39 is 39.6 Å². The number of methoxy groups -OCH3 is 1. The fraction of sp³-hybridized carbons (Fsp3) is 0.0556. The number of benzene rings is 2. The molecule has 1 aliphatic heterocycles. The number of nitrogens with one attached hydrogen (secondary N) is 1. The summed E-state index contributed by atoms with van der Waals surface area (Å²) in [7, 11) is 1.19. The number of aromatic hydroxyl groups is 1. The van der Waals surface area contributed by atoms with E-state index in [2.05, 4.69) is 5.32 Å². The Balaban J connectivity index is 2.11.